The number of hydrogen-bond acceptors (Lipinski definition) is 8. The number of thiophene rings is 1. The summed E-state index contributed by atoms with van der Waals surface area (Å²) in [5.74, 6) is 1.58. The summed E-state index contributed by atoms with van der Waals surface area (Å²) in [6, 6.07) is 0.0546. The lowest BCUT2D eigenvalue weighted by atomic mass is 9.91. The lowest BCUT2D eigenvalue weighted by Crippen LogP contribution is -2.46. The Morgan fingerprint density at radius 1 is 1.22 bits per heavy atom. The second-order valence-corrected chi connectivity index (χ2v) is 11.1. The predicted molar refractivity (Wildman–Crippen MR) is 142 cm³/mol. The van der Waals surface area contributed by atoms with Crippen LogP contribution in [0.4, 0.5) is 10.8 Å². The van der Waals surface area contributed by atoms with E-state index >= 15 is 0 Å². The third kappa shape index (κ3) is 5.86. The third-order valence-electron chi connectivity index (χ3n) is 6.68. The molecule has 5 N–H and O–H groups in total. The molecule has 3 aliphatic rings. The Hall–Kier alpha value is -2.99. The van der Waals surface area contributed by atoms with Gasteiger partial charge >= 0.3 is 0 Å². The van der Waals surface area contributed by atoms with Gasteiger partial charge in [0.2, 0.25) is 11.8 Å². The van der Waals surface area contributed by atoms with Crippen LogP contribution >= 0.6 is 23.6 Å². The number of hydrazine groups is 1. The molecule has 1 atom stereocenters. The largest absolute Gasteiger partial charge is 0.480 e. The van der Waals surface area contributed by atoms with Crippen molar-refractivity contribution in [2.45, 2.75) is 57.9 Å². The normalized spacial score (nSPS) is 18.6. The van der Waals surface area contributed by atoms with Crippen LogP contribution in [0.2, 0.25) is 0 Å². The van der Waals surface area contributed by atoms with Crippen molar-refractivity contribution >= 4 is 51.3 Å². The molecule has 0 radical (unpaired) electrons. The number of fused-ring (bicyclic) bond motifs is 1. The van der Waals surface area contributed by atoms with Crippen molar-refractivity contribution < 1.29 is 14.3 Å². The summed E-state index contributed by atoms with van der Waals surface area (Å²) in [6.07, 6.45) is 8.05. The van der Waals surface area contributed by atoms with Gasteiger partial charge in [0.15, 0.2) is 10.9 Å². The summed E-state index contributed by atoms with van der Waals surface area (Å²) in [4.78, 5) is 35.4. The number of nitrogens with one attached hydrogen (secondary N) is 5. The fourth-order valence-corrected chi connectivity index (χ4v) is 5.72. The van der Waals surface area contributed by atoms with Gasteiger partial charge in [0.25, 0.3) is 5.91 Å². The molecule has 0 saturated heterocycles. The monoisotopic (exact) mass is 529 g/mol. The zero-order valence-corrected chi connectivity index (χ0v) is 22.0. The van der Waals surface area contributed by atoms with E-state index in [9.17, 15) is 9.59 Å². The highest BCUT2D eigenvalue weighted by Crippen LogP contribution is 2.40. The van der Waals surface area contributed by atoms with Crippen LogP contribution in [0, 0.1) is 18.8 Å². The Balaban J connectivity index is 1.24. The van der Waals surface area contributed by atoms with E-state index in [-0.39, 0.29) is 23.8 Å². The smallest absolute Gasteiger partial charge is 0.254 e. The first-order valence-electron chi connectivity index (χ1n) is 12.3. The molecule has 0 aliphatic heterocycles. The lowest BCUT2D eigenvalue weighted by molar-refractivity contribution is -0.117. The Morgan fingerprint density at radius 3 is 2.72 bits per heavy atom. The first kappa shape index (κ1) is 24.7. The maximum atomic E-state index is 13.2. The molecule has 5 rings (SSSR count). The van der Waals surface area contributed by atoms with E-state index in [0.717, 1.165) is 36.1 Å². The van der Waals surface area contributed by atoms with Crippen molar-refractivity contribution in [3.05, 3.63) is 27.9 Å². The zero-order valence-electron chi connectivity index (χ0n) is 20.4. The minimum absolute atomic E-state index is 0.0212. The highest BCUT2D eigenvalue weighted by molar-refractivity contribution is 7.80. The highest BCUT2D eigenvalue weighted by atomic mass is 32.1. The van der Waals surface area contributed by atoms with Gasteiger partial charge in [-0.05, 0) is 75.6 Å². The number of aryl methyl sites for hydroxylation is 2. The van der Waals surface area contributed by atoms with E-state index in [1.807, 2.05) is 6.92 Å². The van der Waals surface area contributed by atoms with Crippen LogP contribution in [0.25, 0.3) is 0 Å². The topological polar surface area (TPSA) is 129 Å². The average molecular weight is 530 g/mol. The Bertz CT molecular complexity index is 1180. The van der Waals surface area contributed by atoms with Crippen LogP contribution < -0.4 is 31.5 Å². The molecule has 2 heterocycles. The summed E-state index contributed by atoms with van der Waals surface area (Å²) in [5.41, 5.74) is 8.26. The Kier molecular flexibility index (Phi) is 7.24. The first-order valence-corrected chi connectivity index (χ1v) is 13.6. The predicted octanol–water partition coefficient (Wildman–Crippen LogP) is 2.69. The molecule has 192 valence electrons. The molecule has 2 aromatic rings. The number of amides is 2. The number of rotatable bonds is 9. The summed E-state index contributed by atoms with van der Waals surface area (Å²) in [6.45, 7) is 2.51. The van der Waals surface area contributed by atoms with Gasteiger partial charge < -0.3 is 20.7 Å². The molecule has 10 nitrogen and oxygen atoms in total. The molecule has 0 spiro atoms. The van der Waals surface area contributed by atoms with Crippen LogP contribution in [0.5, 0.6) is 5.88 Å². The van der Waals surface area contributed by atoms with E-state index in [1.54, 1.807) is 7.11 Å². The molecule has 36 heavy (non-hydrogen) atoms. The van der Waals surface area contributed by atoms with Gasteiger partial charge in [-0.25, -0.2) is 9.97 Å². The van der Waals surface area contributed by atoms with Crippen molar-refractivity contribution in [2.75, 3.05) is 24.4 Å². The molecular weight excluding hydrogens is 498 g/mol. The second kappa shape index (κ2) is 10.6. The minimum Gasteiger partial charge on any atom is -0.480 e. The van der Waals surface area contributed by atoms with Gasteiger partial charge in [-0.2, -0.15) is 0 Å². The van der Waals surface area contributed by atoms with Gasteiger partial charge in [0.1, 0.15) is 5.00 Å². The van der Waals surface area contributed by atoms with Crippen LogP contribution in [0.3, 0.4) is 0 Å². The van der Waals surface area contributed by atoms with Crippen LogP contribution in [-0.2, 0) is 17.6 Å². The number of hydrogen-bond donors (Lipinski definition) is 5. The molecule has 2 amide bonds. The quantitative estimate of drug-likeness (QED) is 0.246. The van der Waals surface area contributed by atoms with E-state index in [2.05, 4.69) is 36.8 Å². The number of ether oxygens (including phenoxy) is 1. The van der Waals surface area contributed by atoms with Crippen molar-refractivity contribution in [1.82, 2.24) is 26.0 Å². The van der Waals surface area contributed by atoms with Gasteiger partial charge in [0, 0.05) is 23.4 Å². The summed E-state index contributed by atoms with van der Waals surface area (Å²) >= 11 is 7.03. The number of nitrogens with zero attached hydrogens (tertiary/aromatic N) is 2. The van der Waals surface area contributed by atoms with E-state index in [4.69, 9.17) is 17.0 Å². The molecule has 0 aromatic carbocycles. The maximum Gasteiger partial charge on any atom is 0.254 e. The number of thiocarbonyl (C=S) groups is 1. The number of carbonyl (C=O) groups is 2. The molecule has 2 saturated carbocycles. The minimum atomic E-state index is -0.0953. The number of anilines is 2. The second-order valence-electron chi connectivity index (χ2n) is 9.63. The molecule has 0 bridgehead atoms. The van der Waals surface area contributed by atoms with Gasteiger partial charge in [-0.3, -0.25) is 20.4 Å². The standard InChI is InChI=1S/C24H31N7O3S2/c1-12-20(25-11-18(27-12)34-2)30-31-24(35)28-15-7-8-17-16(9-15)19(22(33)26-10-13-3-4-13)23(36-17)29-21(32)14-5-6-14/h11,13-15H,3-10H2,1-2H3,(H,25,30)(H,26,33)(H,29,32)(H2,28,31,35)/t15-/m0/s1. The van der Waals surface area contributed by atoms with Crippen LogP contribution in [0.1, 0.15) is 58.6 Å². The van der Waals surface area contributed by atoms with Crippen molar-refractivity contribution in [3.8, 4) is 5.88 Å². The van der Waals surface area contributed by atoms with Gasteiger partial charge in [0.05, 0.1) is 24.6 Å². The third-order valence-corrected chi connectivity index (χ3v) is 8.11. The number of carbonyl (C=O) groups excluding carboxylic acids is 2. The number of methoxy groups -OCH3 is 1. The highest BCUT2D eigenvalue weighted by Gasteiger charge is 2.34. The molecule has 2 aromatic heterocycles. The molecule has 12 heteroatoms. The molecule has 3 aliphatic carbocycles. The summed E-state index contributed by atoms with van der Waals surface area (Å²) in [7, 11) is 1.54. The van der Waals surface area contributed by atoms with E-state index < -0.39 is 0 Å². The Morgan fingerprint density at radius 2 is 2.03 bits per heavy atom. The molecular formula is C24H31N7O3S2. The van der Waals surface area contributed by atoms with Crippen LogP contribution in [-0.4, -0.2) is 46.6 Å². The van der Waals surface area contributed by atoms with E-state index in [0.29, 0.717) is 52.0 Å². The fraction of sp³-hybridized carbons (Fsp3) is 0.542. The van der Waals surface area contributed by atoms with Crippen molar-refractivity contribution in [2.24, 2.45) is 11.8 Å². The summed E-state index contributed by atoms with van der Waals surface area (Å²) < 4.78 is 5.09. The van der Waals surface area contributed by atoms with E-state index in [1.165, 1.54) is 30.4 Å². The van der Waals surface area contributed by atoms with Crippen molar-refractivity contribution in [3.63, 3.8) is 0 Å². The fourth-order valence-electron chi connectivity index (χ4n) is 4.26. The average Bonchev–Trinajstić information content (AvgIpc) is 3.78. The van der Waals surface area contributed by atoms with Gasteiger partial charge in [-0.15, -0.1) is 11.3 Å². The SMILES string of the molecule is COc1cnc(NNC(=S)N[C@H]2CCc3sc(NC(=O)C4CC4)c(C(=O)NCC4CC4)c3C2)c(C)n1. The zero-order chi connectivity index (χ0) is 25.2. The van der Waals surface area contributed by atoms with Crippen molar-refractivity contribution in [1.29, 1.82) is 0 Å². The van der Waals surface area contributed by atoms with Gasteiger partial charge in [-0.1, -0.05) is 0 Å². The van der Waals surface area contributed by atoms with Crippen LogP contribution in [0.15, 0.2) is 6.20 Å². The number of aromatic nitrogens is 2. The first-order chi connectivity index (χ1) is 17.4. The Labute approximate surface area is 219 Å². The lowest BCUT2D eigenvalue weighted by Gasteiger charge is -2.25. The maximum absolute atomic E-state index is 13.2. The summed E-state index contributed by atoms with van der Waals surface area (Å²) in [5, 5.41) is 10.6. The molecule has 2 fully saturated rings. The molecule has 0 unspecified atom stereocenters.